The van der Waals surface area contributed by atoms with E-state index in [-0.39, 0.29) is 29.6 Å². The molecule has 3 heterocycles. The van der Waals surface area contributed by atoms with Gasteiger partial charge in [-0.2, -0.15) is 18.2 Å². The average Bonchev–Trinajstić information content (AvgIpc) is 3.49. The second kappa shape index (κ2) is 15.2. The highest BCUT2D eigenvalue weighted by Crippen LogP contribution is 2.58. The van der Waals surface area contributed by atoms with Crippen molar-refractivity contribution in [2.24, 2.45) is 0 Å². The summed E-state index contributed by atoms with van der Waals surface area (Å²) in [5.74, 6) is -1.12. The van der Waals surface area contributed by atoms with Crippen molar-refractivity contribution in [2.75, 3.05) is 37.6 Å². The molecule has 0 saturated carbocycles. The van der Waals surface area contributed by atoms with Crippen LogP contribution in [-0.2, 0) is 23.4 Å². The Kier molecular flexibility index (Phi) is 11.6. The zero-order valence-electron chi connectivity index (χ0n) is 25.1. The van der Waals surface area contributed by atoms with E-state index in [1.54, 1.807) is 24.4 Å². The van der Waals surface area contributed by atoms with Gasteiger partial charge in [0, 0.05) is 38.7 Å². The van der Waals surface area contributed by atoms with Gasteiger partial charge in [0.25, 0.3) is 5.91 Å². The molecular formula is C28H32F3IN9O4P. The number of aryl methyl sites for hydroxylation is 1. The molecule has 0 fully saturated rings. The summed E-state index contributed by atoms with van der Waals surface area (Å²) in [6, 6.07) is 7.98. The lowest BCUT2D eigenvalue weighted by atomic mass is 10.2. The van der Waals surface area contributed by atoms with Gasteiger partial charge in [-0.15, -0.1) is 5.10 Å². The first-order valence-corrected chi connectivity index (χ1v) is 18.9. The maximum atomic E-state index is 14.1. The molecule has 0 aliphatic heterocycles. The minimum absolute atomic E-state index is 0.0311. The quantitative estimate of drug-likeness (QED) is 0.0875. The Morgan fingerprint density at radius 1 is 1.13 bits per heavy atom. The van der Waals surface area contributed by atoms with Crippen molar-refractivity contribution in [3.05, 3.63) is 59.5 Å². The number of amides is 1. The van der Waals surface area contributed by atoms with Gasteiger partial charge in [0.2, 0.25) is 5.95 Å². The lowest BCUT2D eigenvalue weighted by Gasteiger charge is -2.17. The number of ether oxygens (including phenoxy) is 1. The van der Waals surface area contributed by atoms with Crippen LogP contribution in [-0.4, -0.2) is 67.9 Å². The van der Waals surface area contributed by atoms with E-state index in [1.165, 1.54) is 31.0 Å². The lowest BCUT2D eigenvalue weighted by molar-refractivity contribution is -0.137. The van der Waals surface area contributed by atoms with Crippen LogP contribution in [0.25, 0.3) is 11.4 Å². The number of anilines is 4. The van der Waals surface area contributed by atoms with Gasteiger partial charge in [-0.3, -0.25) is 9.48 Å². The van der Waals surface area contributed by atoms with Crippen LogP contribution in [0.1, 0.15) is 41.4 Å². The maximum Gasteiger partial charge on any atom is 0.421 e. The smallest absolute Gasteiger partial charge is 0.421 e. The summed E-state index contributed by atoms with van der Waals surface area (Å²) < 4.78 is 62.0. The SMILES string of the molecule is CCC[P@](=O)(I)Cc1ccc(Nc2ncc(C(F)(F)F)c(Nc3ccc(-c4cn(CCCO)nn4)nc3C(=O)NC)n2)c(OC)c1. The van der Waals surface area contributed by atoms with E-state index < -0.39 is 28.2 Å². The number of aliphatic hydroxyl groups is 1. The monoisotopic (exact) mass is 773 g/mol. The highest BCUT2D eigenvalue weighted by Gasteiger charge is 2.36. The fourth-order valence-corrected chi connectivity index (χ4v) is 8.56. The van der Waals surface area contributed by atoms with Gasteiger partial charge in [0.1, 0.15) is 27.6 Å². The highest BCUT2D eigenvalue weighted by molar-refractivity contribution is 14.2. The molecule has 1 aromatic carbocycles. The molecular weight excluding hydrogens is 741 g/mol. The van der Waals surface area contributed by atoms with Crippen LogP contribution < -0.4 is 20.7 Å². The molecule has 1 amide bonds. The average molecular weight is 773 g/mol. The van der Waals surface area contributed by atoms with Crippen molar-refractivity contribution in [3.8, 4) is 17.1 Å². The van der Waals surface area contributed by atoms with Crippen LogP contribution in [0.2, 0.25) is 0 Å². The summed E-state index contributed by atoms with van der Waals surface area (Å²) in [4.78, 5) is 22.7. The Morgan fingerprint density at radius 2 is 1.89 bits per heavy atom. The zero-order valence-corrected chi connectivity index (χ0v) is 28.2. The molecule has 4 rings (SSSR count). The van der Waals surface area contributed by atoms with Gasteiger partial charge in [0.15, 0.2) is 5.69 Å². The summed E-state index contributed by atoms with van der Waals surface area (Å²) >= 11 is 2.01. The third-order valence-electron chi connectivity index (χ3n) is 6.52. The van der Waals surface area contributed by atoms with Crippen molar-refractivity contribution in [1.29, 1.82) is 0 Å². The van der Waals surface area contributed by atoms with E-state index in [1.807, 2.05) is 29.0 Å². The zero-order chi connectivity index (χ0) is 33.5. The van der Waals surface area contributed by atoms with Crippen molar-refractivity contribution in [3.63, 3.8) is 0 Å². The summed E-state index contributed by atoms with van der Waals surface area (Å²) in [7, 11) is 2.80. The number of alkyl halides is 3. The number of halogens is 4. The number of benzene rings is 1. The molecule has 1 atom stereocenters. The van der Waals surface area contributed by atoms with Gasteiger partial charge in [0.05, 0.1) is 30.4 Å². The van der Waals surface area contributed by atoms with E-state index >= 15 is 0 Å². The van der Waals surface area contributed by atoms with E-state index in [0.29, 0.717) is 48.6 Å². The molecule has 0 radical (unpaired) electrons. The number of nitrogens with one attached hydrogen (secondary N) is 3. The second-order valence-electron chi connectivity index (χ2n) is 10.0. The second-order valence-corrected chi connectivity index (χ2v) is 17.6. The molecule has 4 aromatic rings. The summed E-state index contributed by atoms with van der Waals surface area (Å²) in [6.07, 6.45) is -0.419. The van der Waals surface area contributed by atoms with E-state index in [0.717, 1.165) is 12.0 Å². The summed E-state index contributed by atoms with van der Waals surface area (Å²) in [6.45, 7) is 2.34. The largest absolute Gasteiger partial charge is 0.495 e. The third kappa shape index (κ3) is 8.91. The van der Waals surface area contributed by atoms with Crippen LogP contribution in [0, 0.1) is 0 Å². The van der Waals surface area contributed by atoms with E-state index in [4.69, 9.17) is 9.84 Å². The predicted molar refractivity (Wildman–Crippen MR) is 175 cm³/mol. The molecule has 3 aromatic heterocycles. The number of hydrogen-bond acceptors (Lipinski definition) is 11. The topological polar surface area (TPSA) is 169 Å². The Bertz CT molecular complexity index is 1740. The van der Waals surface area contributed by atoms with Crippen molar-refractivity contribution in [1.82, 2.24) is 35.3 Å². The molecule has 0 aliphatic carbocycles. The Morgan fingerprint density at radius 3 is 2.57 bits per heavy atom. The molecule has 18 heteroatoms. The molecule has 0 saturated heterocycles. The summed E-state index contributed by atoms with van der Waals surface area (Å²) in [5, 5.41) is 25.0. The number of aliphatic hydroxyl groups excluding tert-OH is 1. The minimum atomic E-state index is -4.83. The Labute approximate surface area is 275 Å². The van der Waals surface area contributed by atoms with Gasteiger partial charge in [-0.05, 0) is 64.7 Å². The first-order valence-electron chi connectivity index (χ1n) is 14.0. The number of pyridine rings is 1. The van der Waals surface area contributed by atoms with Crippen LogP contribution in [0.4, 0.5) is 36.3 Å². The van der Waals surface area contributed by atoms with Crippen LogP contribution >= 0.6 is 26.8 Å². The van der Waals surface area contributed by atoms with Crippen molar-refractivity contribution in [2.45, 2.75) is 38.6 Å². The number of aromatic nitrogens is 6. The van der Waals surface area contributed by atoms with Gasteiger partial charge >= 0.3 is 6.18 Å². The van der Waals surface area contributed by atoms with Gasteiger partial charge in [-0.25, -0.2) is 9.97 Å². The first-order chi connectivity index (χ1) is 21.9. The van der Waals surface area contributed by atoms with Crippen molar-refractivity contribution >= 4 is 55.9 Å². The Hall–Kier alpha value is -3.83. The predicted octanol–water partition coefficient (Wildman–Crippen LogP) is 6.01. The number of carbonyl (C=O) groups is 1. The number of nitrogens with zero attached hydrogens (tertiary/aromatic N) is 6. The maximum absolute atomic E-state index is 14.1. The van der Waals surface area contributed by atoms with Gasteiger partial charge < -0.3 is 30.4 Å². The molecule has 0 unspecified atom stereocenters. The van der Waals surface area contributed by atoms with E-state index in [9.17, 15) is 22.5 Å². The molecule has 13 nitrogen and oxygen atoms in total. The summed E-state index contributed by atoms with van der Waals surface area (Å²) in [5.41, 5.74) is 0.306. The fourth-order valence-electron chi connectivity index (χ4n) is 4.37. The first kappa shape index (κ1) is 35.0. The number of carbonyl (C=O) groups excluding carboxylic acids is 1. The molecule has 0 aliphatic rings. The third-order valence-corrected chi connectivity index (χ3v) is 10.9. The highest BCUT2D eigenvalue weighted by atomic mass is 127. The van der Waals surface area contributed by atoms with Crippen molar-refractivity contribution < 1.29 is 32.4 Å². The fraction of sp³-hybridized carbons (Fsp3) is 0.357. The lowest BCUT2D eigenvalue weighted by Crippen LogP contribution is -2.21. The normalized spacial score (nSPS) is 12.8. The molecule has 0 bridgehead atoms. The number of hydrogen-bond donors (Lipinski definition) is 4. The van der Waals surface area contributed by atoms with Gasteiger partial charge in [-0.1, -0.05) is 18.2 Å². The minimum Gasteiger partial charge on any atom is -0.495 e. The number of rotatable bonds is 14. The molecule has 246 valence electrons. The molecule has 4 N–H and O–H groups in total. The van der Waals surface area contributed by atoms with Crippen LogP contribution in [0.3, 0.4) is 0 Å². The standard InChI is InChI=1S/C28H32F3IN9O4P/c1-4-12-46(32,44)16-17-6-7-20(23(13-17)45-3)37-27-34-14-18(28(29,30)31)25(38-27)36-21-9-8-19(35-24(21)26(43)33-2)22-15-41(40-39-22)10-5-11-42/h6-9,13-15,42H,4-5,10-12,16H2,1-3H3,(H,33,43)(H2,34,36,37,38)/t46-/m1/s1. The number of methoxy groups -OCH3 is 1. The molecule has 46 heavy (non-hydrogen) atoms. The Balaban J connectivity index is 1.67. The van der Waals surface area contributed by atoms with E-state index in [2.05, 4.69) is 41.2 Å². The van der Waals surface area contributed by atoms with Crippen LogP contribution in [0.15, 0.2) is 42.7 Å². The van der Waals surface area contributed by atoms with Crippen LogP contribution in [0.5, 0.6) is 5.75 Å². The molecule has 0 spiro atoms.